The fraction of sp³-hybridized carbons (Fsp3) is 0.333. The third-order valence-electron chi connectivity index (χ3n) is 2.99. The molecule has 0 bridgehead atoms. The SMILES string of the molecule is CSCC1(C(O)c2ccc(Br)cc2)NC(=O)NC1=O. The lowest BCUT2D eigenvalue weighted by molar-refractivity contribution is -0.127. The van der Waals surface area contributed by atoms with Gasteiger partial charge >= 0.3 is 6.03 Å². The number of carbonyl (C=O) groups excluding carboxylic acids is 2. The van der Waals surface area contributed by atoms with Gasteiger partial charge in [0.1, 0.15) is 6.10 Å². The van der Waals surface area contributed by atoms with Gasteiger partial charge in [-0.2, -0.15) is 11.8 Å². The van der Waals surface area contributed by atoms with Crippen molar-refractivity contribution in [3.05, 3.63) is 34.3 Å². The quantitative estimate of drug-likeness (QED) is 0.722. The van der Waals surface area contributed by atoms with Crippen LogP contribution in [0.4, 0.5) is 4.79 Å². The molecule has 1 aromatic carbocycles. The van der Waals surface area contributed by atoms with Crippen molar-refractivity contribution >= 4 is 39.6 Å². The number of aliphatic hydroxyl groups excluding tert-OH is 1. The highest BCUT2D eigenvalue weighted by molar-refractivity contribution is 9.10. The molecule has 1 aromatic rings. The number of hydrogen-bond acceptors (Lipinski definition) is 4. The zero-order valence-electron chi connectivity index (χ0n) is 10.1. The topological polar surface area (TPSA) is 78.4 Å². The molecule has 0 spiro atoms. The Kier molecular flexibility index (Phi) is 4.17. The van der Waals surface area contributed by atoms with Crippen LogP contribution in [0, 0.1) is 0 Å². The lowest BCUT2D eigenvalue weighted by Crippen LogP contribution is -2.54. The standard InChI is InChI=1S/C12H13BrN2O3S/c1-19-6-12(10(17)14-11(18)15-12)9(16)7-2-4-8(13)5-3-7/h2-5,9,16H,6H2,1H3,(H2,14,15,17,18). The first-order chi connectivity index (χ1) is 8.99. The number of halogens is 1. The lowest BCUT2D eigenvalue weighted by atomic mass is 9.89. The number of thioether (sulfide) groups is 1. The Morgan fingerprint density at radius 2 is 2.00 bits per heavy atom. The average molecular weight is 345 g/mol. The van der Waals surface area contributed by atoms with E-state index in [1.54, 1.807) is 24.3 Å². The zero-order chi connectivity index (χ0) is 14.0. The lowest BCUT2D eigenvalue weighted by Gasteiger charge is -2.30. The Hall–Kier alpha value is -1.05. The highest BCUT2D eigenvalue weighted by Crippen LogP contribution is 2.32. The van der Waals surface area contributed by atoms with Gasteiger partial charge in [0.2, 0.25) is 0 Å². The van der Waals surface area contributed by atoms with E-state index in [0.717, 1.165) is 4.47 Å². The number of carbonyl (C=O) groups is 2. The monoisotopic (exact) mass is 344 g/mol. The fourth-order valence-corrected chi connectivity index (χ4v) is 3.12. The Labute approximate surface area is 123 Å². The van der Waals surface area contributed by atoms with Crippen LogP contribution >= 0.6 is 27.7 Å². The number of amides is 3. The van der Waals surface area contributed by atoms with Crippen molar-refractivity contribution in [2.45, 2.75) is 11.6 Å². The smallest absolute Gasteiger partial charge is 0.322 e. The molecule has 19 heavy (non-hydrogen) atoms. The molecule has 0 aromatic heterocycles. The molecule has 3 amide bonds. The van der Waals surface area contributed by atoms with Gasteiger partial charge in [0.05, 0.1) is 0 Å². The van der Waals surface area contributed by atoms with Gasteiger partial charge in [0.25, 0.3) is 5.91 Å². The number of rotatable bonds is 4. The van der Waals surface area contributed by atoms with Crippen molar-refractivity contribution in [3.8, 4) is 0 Å². The molecule has 7 heteroatoms. The maximum absolute atomic E-state index is 12.0. The zero-order valence-corrected chi connectivity index (χ0v) is 12.5. The van der Waals surface area contributed by atoms with E-state index in [1.807, 2.05) is 6.26 Å². The maximum Gasteiger partial charge on any atom is 0.322 e. The van der Waals surface area contributed by atoms with Crippen molar-refractivity contribution in [3.63, 3.8) is 0 Å². The summed E-state index contributed by atoms with van der Waals surface area (Å²) >= 11 is 4.69. The van der Waals surface area contributed by atoms with Gasteiger partial charge in [0, 0.05) is 10.2 Å². The summed E-state index contributed by atoms with van der Waals surface area (Å²) < 4.78 is 0.877. The van der Waals surface area contributed by atoms with Crippen LogP contribution < -0.4 is 10.6 Å². The summed E-state index contributed by atoms with van der Waals surface area (Å²) in [6, 6.07) is 6.42. The van der Waals surface area contributed by atoms with Crippen LogP contribution in [0.3, 0.4) is 0 Å². The molecule has 5 nitrogen and oxygen atoms in total. The van der Waals surface area contributed by atoms with Crippen LogP contribution in [0.15, 0.2) is 28.7 Å². The first-order valence-electron chi connectivity index (χ1n) is 5.55. The Morgan fingerprint density at radius 1 is 1.37 bits per heavy atom. The molecule has 0 saturated carbocycles. The van der Waals surface area contributed by atoms with E-state index in [4.69, 9.17) is 0 Å². The van der Waals surface area contributed by atoms with Crippen LogP contribution in [-0.4, -0.2) is 34.6 Å². The summed E-state index contributed by atoms with van der Waals surface area (Å²) in [5.74, 6) is -0.204. The number of nitrogens with one attached hydrogen (secondary N) is 2. The minimum absolute atomic E-state index is 0.293. The second kappa shape index (κ2) is 5.52. The molecule has 2 unspecified atom stereocenters. The van der Waals surface area contributed by atoms with Crippen molar-refractivity contribution in [1.29, 1.82) is 0 Å². The summed E-state index contributed by atoms with van der Waals surface area (Å²) in [5.41, 5.74) is -0.737. The van der Waals surface area contributed by atoms with E-state index < -0.39 is 23.6 Å². The third kappa shape index (κ3) is 2.63. The molecule has 1 aliphatic rings. The molecule has 0 aliphatic carbocycles. The van der Waals surface area contributed by atoms with Crippen molar-refractivity contribution in [2.24, 2.45) is 0 Å². The van der Waals surface area contributed by atoms with Crippen molar-refractivity contribution < 1.29 is 14.7 Å². The van der Waals surface area contributed by atoms with Gasteiger partial charge in [-0.1, -0.05) is 28.1 Å². The summed E-state index contributed by atoms with van der Waals surface area (Å²) in [7, 11) is 0. The molecule has 2 atom stereocenters. The second-order valence-corrected chi connectivity index (χ2v) is 6.05. The second-order valence-electron chi connectivity index (χ2n) is 4.27. The first-order valence-corrected chi connectivity index (χ1v) is 7.74. The van der Waals surface area contributed by atoms with Crippen LogP contribution in [0.1, 0.15) is 11.7 Å². The molecule has 102 valence electrons. The number of benzene rings is 1. The predicted octanol–water partition coefficient (Wildman–Crippen LogP) is 1.42. The first kappa shape index (κ1) is 14.4. The molecule has 0 radical (unpaired) electrons. The molecule has 1 fully saturated rings. The largest absolute Gasteiger partial charge is 0.385 e. The van der Waals surface area contributed by atoms with Crippen LogP contribution in [0.5, 0.6) is 0 Å². The summed E-state index contributed by atoms with van der Waals surface area (Å²) in [4.78, 5) is 23.4. The van der Waals surface area contributed by atoms with E-state index >= 15 is 0 Å². The van der Waals surface area contributed by atoms with Crippen molar-refractivity contribution in [2.75, 3.05) is 12.0 Å². The molecule has 2 rings (SSSR count). The van der Waals surface area contributed by atoms with Crippen molar-refractivity contribution in [1.82, 2.24) is 10.6 Å². The van der Waals surface area contributed by atoms with Gasteiger partial charge < -0.3 is 10.4 Å². The maximum atomic E-state index is 12.0. The van der Waals surface area contributed by atoms with Crippen LogP contribution in [-0.2, 0) is 4.79 Å². The molecule has 1 heterocycles. The Balaban J connectivity index is 2.36. The van der Waals surface area contributed by atoms with Crippen LogP contribution in [0.2, 0.25) is 0 Å². The third-order valence-corrected chi connectivity index (χ3v) is 4.27. The molecule has 3 N–H and O–H groups in total. The van der Waals surface area contributed by atoms with Gasteiger partial charge in [-0.25, -0.2) is 4.79 Å². The number of aliphatic hydroxyl groups is 1. The Bertz CT molecular complexity index is 508. The molecular weight excluding hydrogens is 332 g/mol. The number of hydrogen-bond donors (Lipinski definition) is 3. The highest BCUT2D eigenvalue weighted by atomic mass is 79.9. The van der Waals surface area contributed by atoms with Gasteiger partial charge in [-0.05, 0) is 24.0 Å². The molecule has 1 saturated heterocycles. The minimum Gasteiger partial charge on any atom is -0.385 e. The van der Waals surface area contributed by atoms with Gasteiger partial charge in [-0.15, -0.1) is 0 Å². The normalized spacial score (nSPS) is 23.9. The molecule has 1 aliphatic heterocycles. The average Bonchev–Trinajstić information content (AvgIpc) is 2.65. The van der Waals surface area contributed by atoms with E-state index in [-0.39, 0.29) is 0 Å². The number of imide groups is 1. The van der Waals surface area contributed by atoms with E-state index in [2.05, 4.69) is 26.6 Å². The van der Waals surface area contributed by atoms with Gasteiger partial charge in [-0.3, -0.25) is 10.1 Å². The van der Waals surface area contributed by atoms with E-state index in [1.165, 1.54) is 11.8 Å². The van der Waals surface area contributed by atoms with Gasteiger partial charge in [0.15, 0.2) is 5.54 Å². The predicted molar refractivity (Wildman–Crippen MR) is 76.9 cm³/mol. The summed E-state index contributed by atoms with van der Waals surface area (Å²) in [6.07, 6.45) is 0.716. The fourth-order valence-electron chi connectivity index (χ4n) is 2.04. The molecular formula is C12H13BrN2O3S. The number of urea groups is 1. The Morgan fingerprint density at radius 3 is 2.47 bits per heavy atom. The van der Waals surface area contributed by atoms with E-state index in [9.17, 15) is 14.7 Å². The highest BCUT2D eigenvalue weighted by Gasteiger charge is 2.51. The summed E-state index contributed by atoms with van der Waals surface area (Å²) in [6.45, 7) is 0. The summed E-state index contributed by atoms with van der Waals surface area (Å²) in [5, 5.41) is 15.2. The minimum atomic E-state index is -1.32. The van der Waals surface area contributed by atoms with E-state index in [0.29, 0.717) is 11.3 Å². The van der Waals surface area contributed by atoms with Crippen LogP contribution in [0.25, 0.3) is 0 Å².